The van der Waals surface area contributed by atoms with E-state index in [-0.39, 0.29) is 29.2 Å². The van der Waals surface area contributed by atoms with Crippen LogP contribution in [0.1, 0.15) is 11.1 Å². The normalized spacial score (nSPS) is 20.6. The lowest BCUT2D eigenvalue weighted by atomic mass is 10.0. The molecule has 2 aliphatic rings. The van der Waals surface area contributed by atoms with Gasteiger partial charge in [0.25, 0.3) is 10.8 Å². The van der Waals surface area contributed by atoms with Crippen LogP contribution in [0.5, 0.6) is 5.75 Å². The van der Waals surface area contributed by atoms with E-state index < -0.39 is 43.9 Å². The monoisotopic (exact) mass is 518 g/mol. The van der Waals surface area contributed by atoms with Crippen LogP contribution in [0.4, 0.5) is 20.2 Å². The smallest absolute Gasteiger partial charge is 0.274 e. The van der Waals surface area contributed by atoms with E-state index in [9.17, 15) is 26.8 Å². The van der Waals surface area contributed by atoms with Gasteiger partial charge in [0.05, 0.1) is 19.3 Å². The third kappa shape index (κ3) is 3.31. The van der Waals surface area contributed by atoms with Gasteiger partial charge in [-0.25, -0.2) is 17.2 Å². The van der Waals surface area contributed by atoms with Gasteiger partial charge in [-0.2, -0.15) is 0 Å². The fourth-order valence-corrected chi connectivity index (χ4v) is 6.75. The first-order valence-electron chi connectivity index (χ1n) is 10.4. The Morgan fingerprint density at radius 3 is 2.37 bits per heavy atom. The number of benzene rings is 3. The van der Waals surface area contributed by atoms with E-state index in [1.54, 1.807) is 30.3 Å². The maximum Gasteiger partial charge on any atom is 0.274 e. The number of anilines is 2. The van der Waals surface area contributed by atoms with Gasteiger partial charge in [0, 0.05) is 22.3 Å². The molecule has 180 valence electrons. The minimum absolute atomic E-state index is 0.00797. The summed E-state index contributed by atoms with van der Waals surface area (Å²) in [4.78, 5) is 26.6. The molecule has 3 aromatic rings. The lowest BCUT2D eigenvalue weighted by Crippen LogP contribution is -2.54. The number of carbonyl (C=O) groups excluding carboxylic acids is 2. The highest BCUT2D eigenvalue weighted by Gasteiger charge is 2.69. The molecule has 1 unspecified atom stereocenters. The van der Waals surface area contributed by atoms with Crippen LogP contribution in [0.25, 0.3) is 0 Å². The van der Waals surface area contributed by atoms with Crippen LogP contribution in [-0.4, -0.2) is 33.1 Å². The van der Waals surface area contributed by atoms with Crippen LogP contribution in [0, 0.1) is 11.6 Å². The maximum absolute atomic E-state index is 14.1. The Labute approximate surface area is 204 Å². The molecule has 2 aliphatic heterocycles. The number of ether oxygens (including phenoxy) is 1. The van der Waals surface area contributed by atoms with Gasteiger partial charge in [-0.15, -0.1) is 0 Å². The summed E-state index contributed by atoms with van der Waals surface area (Å²) >= 11 is 5.96. The standard InChI is InChI=1S/C24H17ClF2N2O5S/c1-34-17-7-9-21-18(11-17)24(23(31)28(21)12-14-2-4-15(25)5-3-14)29(22(30)13-35(24,32)33)16-6-8-19(26)20(27)10-16/h2-11H,12-13H2,1H3. The van der Waals surface area contributed by atoms with E-state index in [2.05, 4.69) is 0 Å². The van der Waals surface area contributed by atoms with E-state index in [1.807, 2.05) is 0 Å². The lowest BCUT2D eigenvalue weighted by molar-refractivity contribution is -0.123. The molecule has 1 saturated heterocycles. The van der Waals surface area contributed by atoms with Crippen molar-refractivity contribution in [3.05, 3.63) is 88.4 Å². The van der Waals surface area contributed by atoms with Gasteiger partial charge in [0.2, 0.25) is 5.91 Å². The van der Waals surface area contributed by atoms with Crippen molar-refractivity contribution < 1.29 is 31.5 Å². The molecule has 2 amide bonds. The number of carbonyl (C=O) groups is 2. The van der Waals surface area contributed by atoms with Crippen molar-refractivity contribution in [2.24, 2.45) is 0 Å². The van der Waals surface area contributed by atoms with E-state index >= 15 is 0 Å². The number of halogens is 3. The van der Waals surface area contributed by atoms with Crippen molar-refractivity contribution in [2.75, 3.05) is 22.7 Å². The average molecular weight is 519 g/mol. The van der Waals surface area contributed by atoms with Crippen LogP contribution >= 0.6 is 11.6 Å². The molecule has 11 heteroatoms. The quantitative estimate of drug-likeness (QED) is 0.525. The Morgan fingerprint density at radius 1 is 1.00 bits per heavy atom. The zero-order valence-corrected chi connectivity index (χ0v) is 19.7. The summed E-state index contributed by atoms with van der Waals surface area (Å²) in [6, 6.07) is 13.6. The van der Waals surface area contributed by atoms with Gasteiger partial charge < -0.3 is 9.64 Å². The Morgan fingerprint density at radius 2 is 1.71 bits per heavy atom. The molecule has 0 aliphatic carbocycles. The van der Waals surface area contributed by atoms with Gasteiger partial charge in [-0.1, -0.05) is 23.7 Å². The lowest BCUT2D eigenvalue weighted by Gasteiger charge is -2.32. The number of hydrogen-bond acceptors (Lipinski definition) is 5. The average Bonchev–Trinajstić information content (AvgIpc) is 3.19. The fourth-order valence-electron chi connectivity index (χ4n) is 4.60. The summed E-state index contributed by atoms with van der Waals surface area (Å²) in [5, 5.41) is 0.483. The Hall–Kier alpha value is -3.50. The third-order valence-corrected chi connectivity index (χ3v) is 8.49. The zero-order chi connectivity index (χ0) is 25.1. The second kappa shape index (κ2) is 8.03. The molecule has 0 saturated carbocycles. The van der Waals surface area contributed by atoms with Crippen LogP contribution in [0.3, 0.4) is 0 Å². The van der Waals surface area contributed by atoms with E-state index in [0.29, 0.717) is 16.7 Å². The zero-order valence-electron chi connectivity index (χ0n) is 18.2. The van der Waals surface area contributed by atoms with Gasteiger partial charge >= 0.3 is 0 Å². The molecule has 3 aromatic carbocycles. The SMILES string of the molecule is COc1ccc2c(c1)C1(C(=O)N2Cc2ccc(Cl)cc2)N(c2ccc(F)c(F)c2)C(=O)CS1(=O)=O. The van der Waals surface area contributed by atoms with Gasteiger partial charge in [-0.05, 0) is 48.0 Å². The van der Waals surface area contributed by atoms with E-state index in [1.165, 1.54) is 24.1 Å². The molecule has 1 spiro atoms. The van der Waals surface area contributed by atoms with Crippen molar-refractivity contribution in [3.63, 3.8) is 0 Å². The van der Waals surface area contributed by atoms with Crippen molar-refractivity contribution in [1.82, 2.24) is 0 Å². The molecule has 0 aromatic heterocycles. The van der Waals surface area contributed by atoms with E-state index in [0.717, 1.165) is 17.0 Å². The van der Waals surface area contributed by atoms with Gasteiger partial charge in [-0.3, -0.25) is 14.5 Å². The molecule has 1 atom stereocenters. The molecule has 0 N–H and O–H groups in total. The first-order chi connectivity index (χ1) is 16.6. The highest BCUT2D eigenvalue weighted by atomic mass is 35.5. The first kappa shape index (κ1) is 23.3. The van der Waals surface area contributed by atoms with Crippen molar-refractivity contribution >= 4 is 44.6 Å². The largest absolute Gasteiger partial charge is 0.497 e. The van der Waals surface area contributed by atoms with Crippen LogP contribution in [-0.2, 0) is 30.8 Å². The number of sulfone groups is 1. The molecule has 2 heterocycles. The maximum atomic E-state index is 14.1. The first-order valence-corrected chi connectivity index (χ1v) is 12.4. The Bertz CT molecular complexity index is 1500. The molecule has 5 rings (SSSR count). The highest BCUT2D eigenvalue weighted by molar-refractivity contribution is 7.94. The van der Waals surface area contributed by atoms with Crippen molar-refractivity contribution in [1.29, 1.82) is 0 Å². The second-order valence-corrected chi connectivity index (χ2v) is 10.7. The summed E-state index contributed by atoms with van der Waals surface area (Å²) < 4.78 is 60.3. The summed E-state index contributed by atoms with van der Waals surface area (Å²) in [6.45, 7) is -0.0214. The molecule has 1 fully saturated rings. The van der Waals surface area contributed by atoms with Gasteiger partial charge in [0.15, 0.2) is 21.5 Å². The number of hydrogen-bond donors (Lipinski definition) is 0. The van der Waals surface area contributed by atoms with Gasteiger partial charge in [0.1, 0.15) is 11.5 Å². The summed E-state index contributed by atoms with van der Waals surface area (Å²) in [7, 11) is -3.11. The molecule has 0 bridgehead atoms. The number of amides is 2. The second-order valence-electron chi connectivity index (χ2n) is 8.13. The number of nitrogens with zero attached hydrogens (tertiary/aromatic N) is 2. The number of methoxy groups -OCH3 is 1. The predicted octanol–water partition coefficient (Wildman–Crippen LogP) is 3.79. The summed E-state index contributed by atoms with van der Waals surface area (Å²) in [5.41, 5.74) is 0.635. The molecular formula is C24H17ClF2N2O5S. The Balaban J connectivity index is 1.77. The minimum Gasteiger partial charge on any atom is -0.497 e. The summed E-state index contributed by atoms with van der Waals surface area (Å²) in [6.07, 6.45) is 0. The van der Waals surface area contributed by atoms with Crippen molar-refractivity contribution in [3.8, 4) is 5.75 Å². The minimum atomic E-state index is -4.48. The number of rotatable bonds is 4. The molecule has 0 radical (unpaired) electrons. The molecule has 7 nitrogen and oxygen atoms in total. The Kier molecular flexibility index (Phi) is 5.33. The van der Waals surface area contributed by atoms with Crippen molar-refractivity contribution in [2.45, 2.75) is 11.4 Å². The van der Waals surface area contributed by atoms with Crippen LogP contribution in [0.15, 0.2) is 60.7 Å². The topological polar surface area (TPSA) is 84.0 Å². The molecule has 35 heavy (non-hydrogen) atoms. The fraction of sp³-hybridized carbons (Fsp3) is 0.167. The van der Waals surface area contributed by atoms with Crippen LogP contribution in [0.2, 0.25) is 5.02 Å². The van der Waals surface area contributed by atoms with Crippen LogP contribution < -0.4 is 14.5 Å². The third-order valence-electron chi connectivity index (χ3n) is 6.14. The highest BCUT2D eigenvalue weighted by Crippen LogP contribution is 2.53. The molecular weight excluding hydrogens is 502 g/mol. The van der Waals surface area contributed by atoms with E-state index in [4.69, 9.17) is 16.3 Å². The summed E-state index contributed by atoms with van der Waals surface area (Å²) in [5.74, 6) is -5.05. The predicted molar refractivity (Wildman–Crippen MR) is 125 cm³/mol. The number of fused-ring (bicyclic) bond motifs is 2.